The zero-order chi connectivity index (χ0) is 16.9. The first kappa shape index (κ1) is 16.8. The van der Waals surface area contributed by atoms with Gasteiger partial charge >= 0.3 is 0 Å². The van der Waals surface area contributed by atoms with Crippen LogP contribution in [0.2, 0.25) is 0 Å². The van der Waals surface area contributed by atoms with Gasteiger partial charge in [0.1, 0.15) is 0 Å². The van der Waals surface area contributed by atoms with Gasteiger partial charge in [0.25, 0.3) is 0 Å². The second-order valence-electron chi connectivity index (χ2n) is 6.08. The molecule has 0 radical (unpaired) electrons. The smallest absolute Gasteiger partial charge is 0.191 e. The van der Waals surface area contributed by atoms with Crippen molar-refractivity contribution < 1.29 is 0 Å². The molecule has 3 rings (SSSR count). The second kappa shape index (κ2) is 7.66. The van der Waals surface area contributed by atoms with Gasteiger partial charge in [0.15, 0.2) is 5.96 Å². The first-order valence-corrected chi connectivity index (χ1v) is 9.17. The molecule has 1 fully saturated rings. The van der Waals surface area contributed by atoms with E-state index in [9.17, 15) is 0 Å². The molecule has 1 aromatic heterocycles. The molecular weight excluding hydrogens is 318 g/mol. The molecule has 1 atom stereocenters. The maximum absolute atomic E-state index is 4.47. The number of nitrogens with zero attached hydrogens (tertiary/aromatic N) is 3. The molecule has 24 heavy (non-hydrogen) atoms. The molecule has 5 nitrogen and oxygen atoms in total. The van der Waals surface area contributed by atoms with Crippen LogP contribution in [-0.2, 0) is 6.54 Å². The van der Waals surface area contributed by atoms with E-state index in [1.54, 1.807) is 11.3 Å². The van der Waals surface area contributed by atoms with Gasteiger partial charge in [0, 0.05) is 36.7 Å². The van der Waals surface area contributed by atoms with E-state index in [0.29, 0.717) is 6.04 Å². The highest BCUT2D eigenvalue weighted by molar-refractivity contribution is 7.11. The normalized spacial score (nSPS) is 18.0. The number of aryl methyl sites for hydroxylation is 2. The van der Waals surface area contributed by atoms with E-state index in [1.807, 2.05) is 14.0 Å². The molecule has 1 aliphatic heterocycles. The Bertz CT molecular complexity index is 695. The molecule has 0 amide bonds. The van der Waals surface area contributed by atoms with Crippen LogP contribution in [0.3, 0.4) is 0 Å². The minimum atomic E-state index is 0.417. The van der Waals surface area contributed by atoms with E-state index in [-0.39, 0.29) is 0 Å². The van der Waals surface area contributed by atoms with E-state index < -0.39 is 0 Å². The molecule has 6 heteroatoms. The van der Waals surface area contributed by atoms with Crippen LogP contribution in [-0.4, -0.2) is 37.1 Å². The molecule has 2 N–H and O–H groups in total. The summed E-state index contributed by atoms with van der Waals surface area (Å²) in [6.07, 6.45) is 1.12. The highest BCUT2D eigenvalue weighted by Crippen LogP contribution is 2.20. The van der Waals surface area contributed by atoms with Crippen molar-refractivity contribution in [3.63, 3.8) is 0 Å². The first-order chi connectivity index (χ1) is 11.7. The molecule has 1 unspecified atom stereocenters. The zero-order valence-corrected chi connectivity index (χ0v) is 15.4. The van der Waals surface area contributed by atoms with Gasteiger partial charge in [-0.1, -0.05) is 18.2 Å². The minimum absolute atomic E-state index is 0.417. The lowest BCUT2D eigenvalue weighted by Crippen LogP contribution is -2.44. The molecule has 0 aliphatic carbocycles. The van der Waals surface area contributed by atoms with Crippen molar-refractivity contribution in [3.8, 4) is 0 Å². The molecule has 0 bridgehead atoms. The predicted octanol–water partition coefficient (Wildman–Crippen LogP) is 2.70. The number of anilines is 1. The summed E-state index contributed by atoms with van der Waals surface area (Å²) in [7, 11) is 1.82. The summed E-state index contributed by atoms with van der Waals surface area (Å²) in [4.78, 5) is 12.5. The van der Waals surface area contributed by atoms with Crippen molar-refractivity contribution in [2.75, 3.05) is 25.0 Å². The third-order valence-electron chi connectivity index (χ3n) is 4.29. The first-order valence-electron chi connectivity index (χ1n) is 8.36. The van der Waals surface area contributed by atoms with Gasteiger partial charge in [0.2, 0.25) is 0 Å². The maximum atomic E-state index is 4.47. The average molecular weight is 344 g/mol. The van der Waals surface area contributed by atoms with Crippen molar-refractivity contribution >= 4 is 23.0 Å². The molecule has 128 valence electrons. The SMILES string of the molecule is CN=C(NCc1sc(C)nc1C)NC1CCN(c2ccccc2)C1. The summed E-state index contributed by atoms with van der Waals surface area (Å²) in [6.45, 7) is 6.96. The second-order valence-corrected chi connectivity index (χ2v) is 7.37. The number of nitrogens with one attached hydrogen (secondary N) is 2. The third kappa shape index (κ3) is 4.06. The Kier molecular flexibility index (Phi) is 5.35. The number of thiazole rings is 1. The van der Waals surface area contributed by atoms with Gasteiger partial charge in [-0.15, -0.1) is 11.3 Å². The van der Waals surface area contributed by atoms with Crippen molar-refractivity contribution in [2.24, 2.45) is 4.99 Å². The van der Waals surface area contributed by atoms with Crippen molar-refractivity contribution in [1.82, 2.24) is 15.6 Å². The molecule has 2 aromatic rings. The number of hydrogen-bond donors (Lipinski definition) is 2. The lowest BCUT2D eigenvalue weighted by Gasteiger charge is -2.20. The molecule has 0 saturated carbocycles. The largest absolute Gasteiger partial charge is 0.369 e. The Morgan fingerprint density at radius 2 is 2.12 bits per heavy atom. The van der Waals surface area contributed by atoms with E-state index in [2.05, 4.69) is 62.8 Å². The van der Waals surface area contributed by atoms with Gasteiger partial charge in [-0.3, -0.25) is 4.99 Å². The summed E-state index contributed by atoms with van der Waals surface area (Å²) in [6, 6.07) is 11.0. The summed E-state index contributed by atoms with van der Waals surface area (Å²) >= 11 is 1.74. The van der Waals surface area contributed by atoms with Crippen LogP contribution in [0.4, 0.5) is 5.69 Å². The van der Waals surface area contributed by atoms with Crippen LogP contribution in [0.1, 0.15) is 22.0 Å². The number of para-hydroxylation sites is 1. The minimum Gasteiger partial charge on any atom is -0.369 e. The zero-order valence-electron chi connectivity index (χ0n) is 14.5. The number of guanidine groups is 1. The van der Waals surface area contributed by atoms with Gasteiger partial charge in [-0.2, -0.15) is 0 Å². The van der Waals surface area contributed by atoms with Crippen LogP contribution >= 0.6 is 11.3 Å². The van der Waals surface area contributed by atoms with E-state index >= 15 is 0 Å². The number of aromatic nitrogens is 1. The number of hydrogen-bond acceptors (Lipinski definition) is 4. The molecule has 1 saturated heterocycles. The van der Waals surface area contributed by atoms with Crippen molar-refractivity contribution in [2.45, 2.75) is 32.9 Å². The quantitative estimate of drug-likeness (QED) is 0.662. The highest BCUT2D eigenvalue weighted by Gasteiger charge is 2.23. The topological polar surface area (TPSA) is 52.6 Å². The lowest BCUT2D eigenvalue weighted by molar-refractivity contribution is 0.649. The monoisotopic (exact) mass is 343 g/mol. The fraction of sp³-hybridized carbons (Fsp3) is 0.444. The van der Waals surface area contributed by atoms with Gasteiger partial charge in [-0.05, 0) is 32.4 Å². The Balaban J connectivity index is 1.52. The van der Waals surface area contributed by atoms with E-state index in [1.165, 1.54) is 10.6 Å². The van der Waals surface area contributed by atoms with Crippen LogP contribution in [0.5, 0.6) is 0 Å². The van der Waals surface area contributed by atoms with Crippen LogP contribution in [0.25, 0.3) is 0 Å². The Morgan fingerprint density at radius 3 is 2.79 bits per heavy atom. The summed E-state index contributed by atoms with van der Waals surface area (Å²) in [5, 5.41) is 8.07. The summed E-state index contributed by atoms with van der Waals surface area (Å²) in [5.74, 6) is 0.861. The number of rotatable bonds is 4. The van der Waals surface area contributed by atoms with Gasteiger partial charge in [-0.25, -0.2) is 4.98 Å². The number of benzene rings is 1. The number of aliphatic imine (C=N–C) groups is 1. The molecule has 1 aromatic carbocycles. The van der Waals surface area contributed by atoms with Gasteiger partial charge in [0.05, 0.1) is 17.2 Å². The molecular formula is C18H25N5S. The standard InChI is InChI=1S/C18H25N5S/c1-13-17(24-14(2)21-13)11-20-18(19-3)22-15-9-10-23(12-15)16-7-5-4-6-8-16/h4-8,15H,9-12H2,1-3H3,(H2,19,20,22). The van der Waals surface area contributed by atoms with Crippen LogP contribution < -0.4 is 15.5 Å². The molecule has 0 spiro atoms. The third-order valence-corrected chi connectivity index (χ3v) is 5.36. The van der Waals surface area contributed by atoms with E-state index in [4.69, 9.17) is 0 Å². The van der Waals surface area contributed by atoms with Crippen molar-refractivity contribution in [1.29, 1.82) is 0 Å². The highest BCUT2D eigenvalue weighted by atomic mass is 32.1. The van der Waals surface area contributed by atoms with Crippen LogP contribution in [0.15, 0.2) is 35.3 Å². The summed E-state index contributed by atoms with van der Waals surface area (Å²) < 4.78 is 0. The lowest BCUT2D eigenvalue weighted by atomic mass is 10.3. The van der Waals surface area contributed by atoms with Gasteiger partial charge < -0.3 is 15.5 Å². The average Bonchev–Trinajstić information content (AvgIpc) is 3.18. The predicted molar refractivity (Wildman–Crippen MR) is 102 cm³/mol. The molecule has 2 heterocycles. The summed E-state index contributed by atoms with van der Waals surface area (Å²) in [5.41, 5.74) is 2.40. The van der Waals surface area contributed by atoms with Crippen molar-refractivity contribution in [3.05, 3.63) is 45.9 Å². The van der Waals surface area contributed by atoms with Crippen LogP contribution in [0, 0.1) is 13.8 Å². The Morgan fingerprint density at radius 1 is 1.33 bits per heavy atom. The Hall–Kier alpha value is -2.08. The fourth-order valence-electron chi connectivity index (χ4n) is 3.04. The Labute approximate surface area is 147 Å². The fourth-order valence-corrected chi connectivity index (χ4v) is 3.92. The van der Waals surface area contributed by atoms with E-state index in [0.717, 1.165) is 42.7 Å². The molecule has 1 aliphatic rings. The maximum Gasteiger partial charge on any atom is 0.191 e.